The Labute approximate surface area is 158 Å². The van der Waals surface area contributed by atoms with Gasteiger partial charge in [0.05, 0.1) is 31.5 Å². The molecule has 7 heteroatoms. The maximum Gasteiger partial charge on any atom is 0.229 e. The fourth-order valence-corrected chi connectivity index (χ4v) is 2.86. The molecule has 3 rings (SSSR count). The molecular weight excluding hydrogens is 352 g/mol. The molecule has 1 aliphatic heterocycles. The number of anilines is 2. The van der Waals surface area contributed by atoms with Gasteiger partial charge in [0.2, 0.25) is 5.91 Å². The van der Waals surface area contributed by atoms with Crippen LogP contribution in [0.3, 0.4) is 0 Å². The van der Waals surface area contributed by atoms with Crippen LogP contribution in [-0.2, 0) is 16.0 Å². The molecule has 1 saturated heterocycles. The van der Waals surface area contributed by atoms with Crippen molar-refractivity contribution in [3.63, 3.8) is 0 Å². The number of pyridine rings is 1. The molecule has 0 spiro atoms. The summed E-state index contributed by atoms with van der Waals surface area (Å²) < 4.78 is 5.34. The summed E-state index contributed by atoms with van der Waals surface area (Å²) in [7, 11) is 0. The van der Waals surface area contributed by atoms with Gasteiger partial charge in [-0.15, -0.1) is 0 Å². The smallest absolute Gasteiger partial charge is 0.229 e. The van der Waals surface area contributed by atoms with Crippen molar-refractivity contribution in [1.82, 2.24) is 9.88 Å². The lowest BCUT2D eigenvalue weighted by Crippen LogP contribution is -2.39. The van der Waals surface area contributed by atoms with Gasteiger partial charge in [-0.3, -0.25) is 9.69 Å². The number of halogens is 1. The van der Waals surface area contributed by atoms with Crippen LogP contribution in [0.5, 0.6) is 0 Å². The largest absolute Gasteiger partial charge is 0.383 e. The van der Waals surface area contributed by atoms with Crippen LogP contribution in [0, 0.1) is 0 Å². The summed E-state index contributed by atoms with van der Waals surface area (Å²) in [5.41, 5.74) is 1.85. The lowest BCUT2D eigenvalue weighted by molar-refractivity contribution is -0.115. The van der Waals surface area contributed by atoms with Gasteiger partial charge in [0.25, 0.3) is 0 Å². The molecule has 2 heterocycles. The molecule has 0 saturated carbocycles. The van der Waals surface area contributed by atoms with Crippen molar-refractivity contribution >= 4 is 29.0 Å². The van der Waals surface area contributed by atoms with Crippen LogP contribution in [0.1, 0.15) is 5.56 Å². The lowest BCUT2D eigenvalue weighted by atomic mass is 10.1. The first kappa shape index (κ1) is 18.6. The lowest BCUT2D eigenvalue weighted by Gasteiger charge is -2.26. The molecule has 1 fully saturated rings. The van der Waals surface area contributed by atoms with Crippen molar-refractivity contribution in [2.75, 3.05) is 50.0 Å². The quantitative estimate of drug-likeness (QED) is 0.780. The molecule has 1 aromatic carbocycles. The number of nitrogens with one attached hydrogen (secondary N) is 2. The maximum absolute atomic E-state index is 12.1. The van der Waals surface area contributed by atoms with Crippen molar-refractivity contribution in [3.05, 3.63) is 53.2 Å². The van der Waals surface area contributed by atoms with E-state index in [2.05, 4.69) is 20.5 Å². The van der Waals surface area contributed by atoms with Gasteiger partial charge >= 0.3 is 0 Å². The Hall–Kier alpha value is -2.15. The van der Waals surface area contributed by atoms with Gasteiger partial charge in [-0.25, -0.2) is 4.98 Å². The topological polar surface area (TPSA) is 66.5 Å². The SMILES string of the molecule is O=C(Cc1ccc(Cl)cc1)Nc1ccc(NCCN2CCOCC2)cn1. The third-order valence-corrected chi connectivity index (χ3v) is 4.42. The molecule has 0 bridgehead atoms. The van der Waals surface area contributed by atoms with Crippen molar-refractivity contribution in [1.29, 1.82) is 0 Å². The monoisotopic (exact) mass is 374 g/mol. The Bertz CT molecular complexity index is 700. The minimum absolute atomic E-state index is 0.104. The van der Waals surface area contributed by atoms with Gasteiger partial charge in [0.15, 0.2) is 0 Å². The number of amides is 1. The summed E-state index contributed by atoms with van der Waals surface area (Å²) in [4.78, 5) is 18.7. The van der Waals surface area contributed by atoms with Gasteiger partial charge in [0.1, 0.15) is 5.82 Å². The maximum atomic E-state index is 12.1. The van der Waals surface area contributed by atoms with Crippen LogP contribution < -0.4 is 10.6 Å². The summed E-state index contributed by atoms with van der Waals surface area (Å²) in [5, 5.41) is 6.81. The molecule has 2 aromatic rings. The zero-order chi connectivity index (χ0) is 18.2. The Kier molecular flexibility index (Phi) is 6.82. The summed E-state index contributed by atoms with van der Waals surface area (Å²) in [6.07, 6.45) is 2.02. The molecular formula is C19H23ClN4O2. The van der Waals surface area contributed by atoms with Crippen molar-refractivity contribution < 1.29 is 9.53 Å². The third kappa shape index (κ3) is 5.98. The highest BCUT2D eigenvalue weighted by Crippen LogP contribution is 2.12. The summed E-state index contributed by atoms with van der Waals surface area (Å²) in [6.45, 7) is 5.42. The van der Waals surface area contributed by atoms with E-state index in [1.807, 2.05) is 18.2 Å². The highest BCUT2D eigenvalue weighted by atomic mass is 35.5. The highest BCUT2D eigenvalue weighted by molar-refractivity contribution is 6.30. The predicted molar refractivity (Wildman–Crippen MR) is 104 cm³/mol. The molecule has 0 radical (unpaired) electrons. The van der Waals surface area contributed by atoms with Crippen molar-refractivity contribution in [2.45, 2.75) is 6.42 Å². The molecule has 138 valence electrons. The number of carbonyl (C=O) groups excluding carboxylic acids is 1. The van der Waals surface area contributed by atoms with E-state index in [0.29, 0.717) is 17.3 Å². The fourth-order valence-electron chi connectivity index (χ4n) is 2.73. The molecule has 0 unspecified atom stereocenters. The normalized spacial score (nSPS) is 14.8. The van der Waals surface area contributed by atoms with Crippen LogP contribution in [-0.4, -0.2) is 55.2 Å². The van der Waals surface area contributed by atoms with Gasteiger partial charge < -0.3 is 15.4 Å². The van der Waals surface area contributed by atoms with Crippen molar-refractivity contribution in [2.24, 2.45) is 0 Å². The van der Waals surface area contributed by atoms with Gasteiger partial charge in [-0.1, -0.05) is 23.7 Å². The number of ether oxygens (including phenoxy) is 1. The molecule has 0 atom stereocenters. The third-order valence-electron chi connectivity index (χ3n) is 4.17. The molecule has 1 aliphatic rings. The molecule has 0 aliphatic carbocycles. The van der Waals surface area contributed by atoms with E-state index >= 15 is 0 Å². The van der Waals surface area contributed by atoms with E-state index in [4.69, 9.17) is 16.3 Å². The number of hydrogen-bond acceptors (Lipinski definition) is 5. The van der Waals surface area contributed by atoms with Gasteiger partial charge in [-0.2, -0.15) is 0 Å². The summed E-state index contributed by atoms with van der Waals surface area (Å²) >= 11 is 5.85. The Balaban J connectivity index is 1.41. The minimum Gasteiger partial charge on any atom is -0.383 e. The van der Waals surface area contributed by atoms with E-state index in [0.717, 1.165) is 50.6 Å². The average molecular weight is 375 g/mol. The molecule has 1 amide bonds. The molecule has 1 aromatic heterocycles. The number of morpholine rings is 1. The predicted octanol–water partition coefficient (Wildman–Crippen LogP) is 2.66. The number of benzene rings is 1. The average Bonchev–Trinajstić information content (AvgIpc) is 2.66. The van der Waals surface area contributed by atoms with Crippen molar-refractivity contribution in [3.8, 4) is 0 Å². The second-order valence-corrected chi connectivity index (χ2v) is 6.60. The fraction of sp³-hybridized carbons (Fsp3) is 0.368. The first-order chi connectivity index (χ1) is 12.7. The summed E-state index contributed by atoms with van der Waals surface area (Å²) in [5.74, 6) is 0.440. The van der Waals surface area contributed by atoms with Gasteiger partial charge in [0, 0.05) is 31.2 Å². The first-order valence-electron chi connectivity index (χ1n) is 8.73. The zero-order valence-corrected chi connectivity index (χ0v) is 15.3. The molecule has 6 nitrogen and oxygen atoms in total. The molecule has 26 heavy (non-hydrogen) atoms. The Morgan fingerprint density at radius 2 is 1.92 bits per heavy atom. The minimum atomic E-state index is -0.104. The van der Waals surface area contributed by atoms with Crippen LogP contribution >= 0.6 is 11.6 Å². The van der Waals surface area contributed by atoms with Crippen LogP contribution in [0.4, 0.5) is 11.5 Å². The van der Waals surface area contributed by atoms with E-state index < -0.39 is 0 Å². The second-order valence-electron chi connectivity index (χ2n) is 6.16. The van der Waals surface area contributed by atoms with E-state index in [9.17, 15) is 4.79 Å². The first-order valence-corrected chi connectivity index (χ1v) is 9.11. The van der Waals surface area contributed by atoms with E-state index in [-0.39, 0.29) is 5.91 Å². The zero-order valence-electron chi connectivity index (χ0n) is 14.6. The highest BCUT2D eigenvalue weighted by Gasteiger charge is 2.09. The number of carbonyl (C=O) groups is 1. The standard InChI is InChI=1S/C19H23ClN4O2/c20-16-3-1-15(2-4-16)13-19(25)23-18-6-5-17(14-22-18)21-7-8-24-9-11-26-12-10-24/h1-6,14,21H,7-13H2,(H,22,23,25). The number of aromatic nitrogens is 1. The number of rotatable bonds is 7. The van der Waals surface area contributed by atoms with Crippen LogP contribution in [0.25, 0.3) is 0 Å². The Morgan fingerprint density at radius 1 is 1.15 bits per heavy atom. The Morgan fingerprint density at radius 3 is 2.62 bits per heavy atom. The van der Waals surface area contributed by atoms with E-state index in [1.54, 1.807) is 24.4 Å². The van der Waals surface area contributed by atoms with E-state index in [1.165, 1.54) is 0 Å². The molecule has 2 N–H and O–H groups in total. The summed E-state index contributed by atoms with van der Waals surface area (Å²) in [6, 6.07) is 11.0. The van der Waals surface area contributed by atoms with Gasteiger partial charge in [-0.05, 0) is 29.8 Å². The van der Waals surface area contributed by atoms with Crippen LogP contribution in [0.2, 0.25) is 5.02 Å². The second kappa shape index (κ2) is 9.52. The number of hydrogen-bond donors (Lipinski definition) is 2. The number of nitrogens with zero attached hydrogens (tertiary/aromatic N) is 2. The van der Waals surface area contributed by atoms with Crippen LogP contribution in [0.15, 0.2) is 42.6 Å².